The molecule has 2 heterocycles. The highest BCUT2D eigenvalue weighted by atomic mass is 32.2. The highest BCUT2D eigenvalue weighted by Crippen LogP contribution is 2.31. The van der Waals surface area contributed by atoms with Crippen LogP contribution in [0.4, 0.5) is 0 Å². The standard InChI is InChI=1S/C14H26N2OS2/c1-5-14(4)13(17)16(12(15-14)10(2)3)8-11-9-18-6-7-19-11/h10-12,15H,5-9H2,1-4H3. The lowest BCUT2D eigenvalue weighted by molar-refractivity contribution is -0.133. The van der Waals surface area contributed by atoms with Gasteiger partial charge in [-0.3, -0.25) is 10.1 Å². The summed E-state index contributed by atoms with van der Waals surface area (Å²) in [6, 6.07) is 0. The van der Waals surface area contributed by atoms with Crippen molar-refractivity contribution in [2.45, 2.75) is 51.1 Å². The topological polar surface area (TPSA) is 32.3 Å². The Morgan fingerprint density at radius 1 is 1.47 bits per heavy atom. The average Bonchev–Trinajstić information content (AvgIpc) is 2.66. The number of thioether (sulfide) groups is 2. The zero-order valence-electron chi connectivity index (χ0n) is 12.4. The summed E-state index contributed by atoms with van der Waals surface area (Å²) in [5, 5.41) is 4.17. The molecule has 3 unspecified atom stereocenters. The Morgan fingerprint density at radius 3 is 2.74 bits per heavy atom. The summed E-state index contributed by atoms with van der Waals surface area (Å²) in [7, 11) is 0. The normalized spacial score (nSPS) is 36.3. The Hall–Kier alpha value is 0.130. The lowest BCUT2D eigenvalue weighted by Gasteiger charge is -2.31. The van der Waals surface area contributed by atoms with Gasteiger partial charge in [-0.15, -0.1) is 0 Å². The van der Waals surface area contributed by atoms with E-state index >= 15 is 0 Å². The molecule has 19 heavy (non-hydrogen) atoms. The van der Waals surface area contributed by atoms with Gasteiger partial charge in [0.05, 0.1) is 11.7 Å². The number of carbonyl (C=O) groups is 1. The highest BCUT2D eigenvalue weighted by Gasteiger charge is 2.48. The summed E-state index contributed by atoms with van der Waals surface area (Å²) in [6.45, 7) is 9.44. The van der Waals surface area contributed by atoms with Crippen LogP contribution in [-0.2, 0) is 4.79 Å². The van der Waals surface area contributed by atoms with Crippen LogP contribution >= 0.6 is 23.5 Å². The predicted octanol–water partition coefficient (Wildman–Crippen LogP) is 2.42. The van der Waals surface area contributed by atoms with Gasteiger partial charge in [0, 0.05) is 29.1 Å². The van der Waals surface area contributed by atoms with Crippen LogP contribution in [0.15, 0.2) is 0 Å². The summed E-state index contributed by atoms with van der Waals surface area (Å²) in [6.07, 6.45) is 1.06. The number of nitrogens with zero attached hydrogens (tertiary/aromatic N) is 1. The Balaban J connectivity index is 2.08. The van der Waals surface area contributed by atoms with Gasteiger partial charge in [0.25, 0.3) is 0 Å². The third-order valence-electron chi connectivity index (χ3n) is 4.16. The van der Waals surface area contributed by atoms with E-state index in [1.165, 1.54) is 17.3 Å². The lowest BCUT2D eigenvalue weighted by Crippen LogP contribution is -2.45. The molecule has 1 amide bonds. The van der Waals surface area contributed by atoms with E-state index in [0.717, 1.165) is 13.0 Å². The first-order valence-electron chi connectivity index (χ1n) is 7.26. The van der Waals surface area contributed by atoms with E-state index in [1.807, 2.05) is 30.4 Å². The maximum atomic E-state index is 12.7. The Kier molecular flexibility index (Phi) is 5.12. The molecule has 0 aliphatic carbocycles. The van der Waals surface area contributed by atoms with Crippen molar-refractivity contribution in [3.05, 3.63) is 0 Å². The van der Waals surface area contributed by atoms with Crippen LogP contribution in [0.25, 0.3) is 0 Å². The Morgan fingerprint density at radius 2 is 2.21 bits per heavy atom. The van der Waals surface area contributed by atoms with Gasteiger partial charge >= 0.3 is 0 Å². The molecule has 2 aliphatic rings. The van der Waals surface area contributed by atoms with E-state index in [4.69, 9.17) is 0 Å². The van der Waals surface area contributed by atoms with Gasteiger partial charge in [-0.1, -0.05) is 20.8 Å². The molecule has 0 aromatic heterocycles. The van der Waals surface area contributed by atoms with Crippen molar-refractivity contribution in [2.75, 3.05) is 23.8 Å². The van der Waals surface area contributed by atoms with Gasteiger partial charge in [-0.05, 0) is 19.3 Å². The summed E-state index contributed by atoms with van der Waals surface area (Å²) >= 11 is 4.05. The number of rotatable bonds is 4. The molecular formula is C14H26N2OS2. The second-order valence-corrected chi connectivity index (χ2v) is 8.60. The Bertz CT molecular complexity index is 331. The molecule has 3 atom stereocenters. The molecule has 2 aliphatic heterocycles. The number of hydrogen-bond acceptors (Lipinski definition) is 4. The molecule has 2 rings (SSSR count). The van der Waals surface area contributed by atoms with Crippen LogP contribution < -0.4 is 5.32 Å². The van der Waals surface area contributed by atoms with Crippen molar-refractivity contribution < 1.29 is 4.79 Å². The van der Waals surface area contributed by atoms with Crippen LogP contribution in [0.3, 0.4) is 0 Å². The van der Waals surface area contributed by atoms with Gasteiger partial charge in [-0.25, -0.2) is 0 Å². The van der Waals surface area contributed by atoms with Gasteiger partial charge < -0.3 is 4.90 Å². The van der Waals surface area contributed by atoms with Crippen LogP contribution in [0.5, 0.6) is 0 Å². The average molecular weight is 303 g/mol. The van der Waals surface area contributed by atoms with E-state index in [-0.39, 0.29) is 11.7 Å². The van der Waals surface area contributed by atoms with Crippen molar-refractivity contribution in [1.29, 1.82) is 0 Å². The van der Waals surface area contributed by atoms with E-state index in [0.29, 0.717) is 17.1 Å². The van der Waals surface area contributed by atoms with Gasteiger partial charge in [0.1, 0.15) is 0 Å². The molecule has 2 fully saturated rings. The fourth-order valence-corrected chi connectivity index (χ4v) is 5.41. The first kappa shape index (κ1) is 15.5. The summed E-state index contributed by atoms with van der Waals surface area (Å²) in [5.41, 5.74) is -0.360. The molecule has 3 nitrogen and oxygen atoms in total. The molecule has 5 heteroatoms. The van der Waals surface area contributed by atoms with Gasteiger partial charge in [0.2, 0.25) is 5.91 Å². The molecule has 1 N–H and O–H groups in total. The molecule has 2 saturated heterocycles. The molecule has 0 aromatic carbocycles. The van der Waals surface area contributed by atoms with Crippen LogP contribution in [-0.4, -0.2) is 51.6 Å². The molecular weight excluding hydrogens is 276 g/mol. The zero-order valence-corrected chi connectivity index (χ0v) is 14.1. The minimum absolute atomic E-state index is 0.199. The molecule has 0 saturated carbocycles. The molecule has 0 aromatic rings. The van der Waals surface area contributed by atoms with E-state index in [9.17, 15) is 4.79 Å². The maximum Gasteiger partial charge on any atom is 0.243 e. The van der Waals surface area contributed by atoms with Crippen molar-refractivity contribution in [2.24, 2.45) is 5.92 Å². The molecule has 110 valence electrons. The van der Waals surface area contributed by atoms with Gasteiger partial charge in [0.15, 0.2) is 0 Å². The van der Waals surface area contributed by atoms with Crippen LogP contribution in [0.1, 0.15) is 34.1 Å². The molecule has 0 bridgehead atoms. The quantitative estimate of drug-likeness (QED) is 0.864. The lowest BCUT2D eigenvalue weighted by atomic mass is 9.99. The van der Waals surface area contributed by atoms with E-state index < -0.39 is 0 Å². The van der Waals surface area contributed by atoms with Gasteiger partial charge in [-0.2, -0.15) is 23.5 Å². The summed E-state index contributed by atoms with van der Waals surface area (Å²) in [5.74, 6) is 4.42. The van der Waals surface area contributed by atoms with Crippen LogP contribution in [0.2, 0.25) is 0 Å². The number of hydrogen-bond donors (Lipinski definition) is 1. The third-order valence-corrected chi connectivity index (χ3v) is 6.99. The van der Waals surface area contributed by atoms with Crippen LogP contribution in [0, 0.1) is 5.92 Å². The Labute approximate surface area is 125 Å². The molecule has 0 spiro atoms. The monoisotopic (exact) mass is 302 g/mol. The third kappa shape index (κ3) is 3.24. The van der Waals surface area contributed by atoms with Crippen molar-refractivity contribution in [1.82, 2.24) is 10.2 Å². The maximum absolute atomic E-state index is 12.7. The predicted molar refractivity (Wildman–Crippen MR) is 85.7 cm³/mol. The van der Waals surface area contributed by atoms with Crippen molar-refractivity contribution in [3.8, 4) is 0 Å². The van der Waals surface area contributed by atoms with E-state index in [2.05, 4.69) is 31.0 Å². The minimum atomic E-state index is -0.360. The minimum Gasteiger partial charge on any atom is -0.324 e. The largest absolute Gasteiger partial charge is 0.324 e. The smallest absolute Gasteiger partial charge is 0.243 e. The second kappa shape index (κ2) is 6.27. The fraction of sp³-hybridized carbons (Fsp3) is 0.929. The number of carbonyl (C=O) groups excluding carboxylic acids is 1. The van der Waals surface area contributed by atoms with Crippen molar-refractivity contribution in [3.63, 3.8) is 0 Å². The summed E-state index contributed by atoms with van der Waals surface area (Å²) < 4.78 is 0. The van der Waals surface area contributed by atoms with E-state index in [1.54, 1.807) is 0 Å². The molecule has 0 radical (unpaired) electrons. The zero-order chi connectivity index (χ0) is 14.0. The number of amides is 1. The highest BCUT2D eigenvalue weighted by molar-refractivity contribution is 8.06. The first-order chi connectivity index (χ1) is 8.98. The second-order valence-electron chi connectivity index (χ2n) is 6.04. The fourth-order valence-electron chi connectivity index (χ4n) is 2.75. The SMILES string of the molecule is CCC1(C)NC(C(C)C)N(CC2CSCCS2)C1=O. The summed E-state index contributed by atoms with van der Waals surface area (Å²) in [4.78, 5) is 14.8. The number of nitrogens with one attached hydrogen (secondary N) is 1. The van der Waals surface area contributed by atoms with Crippen molar-refractivity contribution >= 4 is 29.4 Å². The first-order valence-corrected chi connectivity index (χ1v) is 9.46.